The van der Waals surface area contributed by atoms with Crippen molar-refractivity contribution in [3.05, 3.63) is 0 Å². The Balaban J connectivity index is 3.78. The van der Waals surface area contributed by atoms with Crippen LogP contribution in [0.3, 0.4) is 0 Å². The van der Waals surface area contributed by atoms with Crippen molar-refractivity contribution in [1.82, 2.24) is 9.80 Å². The van der Waals surface area contributed by atoms with Gasteiger partial charge >= 0.3 is 11.9 Å². The van der Waals surface area contributed by atoms with Crippen molar-refractivity contribution in [2.45, 2.75) is 67.2 Å². The Labute approximate surface area is 172 Å². The fraction of sp³-hybridized carbons (Fsp3) is 0.909. The first-order chi connectivity index (χ1) is 12.8. The molecular formula is C22H44N2O4. The Bertz CT molecular complexity index is 410. The monoisotopic (exact) mass is 400 g/mol. The van der Waals surface area contributed by atoms with E-state index in [-0.39, 0.29) is 22.8 Å². The molecule has 6 heteroatoms. The highest BCUT2D eigenvalue weighted by atomic mass is 16.5. The molecule has 0 aliphatic heterocycles. The Morgan fingerprint density at radius 1 is 0.643 bits per heavy atom. The van der Waals surface area contributed by atoms with Crippen LogP contribution in [0, 0.1) is 10.8 Å². The van der Waals surface area contributed by atoms with Gasteiger partial charge in [-0.3, -0.25) is 9.59 Å². The second kappa shape index (κ2) is 13.2. The minimum absolute atomic E-state index is 0.137. The number of carbonyl (C=O) groups excluding carboxylic acids is 2. The van der Waals surface area contributed by atoms with Gasteiger partial charge in [0.15, 0.2) is 0 Å². The molecule has 0 saturated heterocycles. The predicted octanol–water partition coefficient (Wildman–Crippen LogP) is 3.59. The minimum Gasteiger partial charge on any atom is -0.466 e. The number of esters is 2. The fourth-order valence-electron chi connectivity index (χ4n) is 2.22. The summed E-state index contributed by atoms with van der Waals surface area (Å²) >= 11 is 0. The lowest BCUT2D eigenvalue weighted by Gasteiger charge is -2.22. The fourth-order valence-corrected chi connectivity index (χ4v) is 2.22. The summed E-state index contributed by atoms with van der Waals surface area (Å²) in [4.78, 5) is 27.8. The second-order valence-corrected chi connectivity index (χ2v) is 10.2. The quantitative estimate of drug-likeness (QED) is 0.440. The van der Waals surface area contributed by atoms with E-state index in [4.69, 9.17) is 9.47 Å². The van der Waals surface area contributed by atoms with Gasteiger partial charge in [-0.2, -0.15) is 0 Å². The van der Waals surface area contributed by atoms with Gasteiger partial charge in [-0.05, 0) is 37.8 Å². The summed E-state index contributed by atoms with van der Waals surface area (Å²) in [5.41, 5.74) is 0.362. The third-order valence-corrected chi connectivity index (χ3v) is 4.49. The lowest BCUT2D eigenvalue weighted by Crippen LogP contribution is -2.33. The molecule has 6 nitrogen and oxygen atoms in total. The van der Waals surface area contributed by atoms with Gasteiger partial charge < -0.3 is 19.3 Å². The van der Waals surface area contributed by atoms with Gasteiger partial charge in [0.25, 0.3) is 0 Å². The molecule has 0 amide bonds. The van der Waals surface area contributed by atoms with E-state index in [1.165, 1.54) is 0 Å². The minimum atomic E-state index is -0.137. The van der Waals surface area contributed by atoms with Crippen LogP contribution in [0.2, 0.25) is 0 Å². The van der Waals surface area contributed by atoms with Crippen molar-refractivity contribution in [3.63, 3.8) is 0 Å². The van der Waals surface area contributed by atoms with Crippen molar-refractivity contribution < 1.29 is 19.1 Å². The normalized spacial score (nSPS) is 12.5. The molecule has 0 unspecified atom stereocenters. The third-order valence-electron chi connectivity index (χ3n) is 4.49. The summed E-state index contributed by atoms with van der Waals surface area (Å²) < 4.78 is 10.6. The number of carbonyl (C=O) groups is 2. The average molecular weight is 401 g/mol. The summed E-state index contributed by atoms with van der Waals surface area (Å²) in [6.45, 7) is 16.8. The van der Waals surface area contributed by atoms with Crippen LogP contribution in [0.4, 0.5) is 0 Å². The van der Waals surface area contributed by atoms with Gasteiger partial charge in [-0.1, -0.05) is 41.5 Å². The van der Waals surface area contributed by atoms with Crippen LogP contribution >= 0.6 is 0 Å². The predicted molar refractivity (Wildman–Crippen MR) is 114 cm³/mol. The van der Waals surface area contributed by atoms with Gasteiger partial charge in [0, 0.05) is 26.2 Å². The Morgan fingerprint density at radius 2 is 0.964 bits per heavy atom. The molecule has 0 spiro atoms. The van der Waals surface area contributed by atoms with E-state index in [0.29, 0.717) is 39.1 Å². The largest absolute Gasteiger partial charge is 0.466 e. The zero-order valence-electron chi connectivity index (χ0n) is 19.6. The van der Waals surface area contributed by atoms with Crippen LogP contribution in [-0.2, 0) is 19.1 Å². The Kier molecular flexibility index (Phi) is 12.6. The maximum absolute atomic E-state index is 11.8. The van der Waals surface area contributed by atoms with Crippen LogP contribution in [0.25, 0.3) is 0 Å². The van der Waals surface area contributed by atoms with Crippen LogP contribution in [0.15, 0.2) is 0 Å². The molecule has 0 aliphatic carbocycles. The molecule has 0 aromatic rings. The first-order valence-electron chi connectivity index (χ1n) is 10.5. The topological polar surface area (TPSA) is 59.1 Å². The van der Waals surface area contributed by atoms with Gasteiger partial charge in [0.05, 0.1) is 26.1 Å². The van der Waals surface area contributed by atoms with Crippen molar-refractivity contribution in [2.24, 2.45) is 10.8 Å². The van der Waals surface area contributed by atoms with Crippen LogP contribution in [0.1, 0.15) is 67.2 Å². The van der Waals surface area contributed by atoms with E-state index in [1.54, 1.807) is 0 Å². The van der Waals surface area contributed by atoms with Crippen molar-refractivity contribution in [2.75, 3.05) is 53.5 Å². The summed E-state index contributed by atoms with van der Waals surface area (Å²) in [6.07, 6.45) is 2.56. The van der Waals surface area contributed by atoms with Crippen molar-refractivity contribution in [3.8, 4) is 0 Å². The number of ether oxygens (including phenoxy) is 2. The van der Waals surface area contributed by atoms with Crippen molar-refractivity contribution in [1.29, 1.82) is 0 Å². The highest BCUT2D eigenvalue weighted by Crippen LogP contribution is 2.18. The molecule has 0 aromatic heterocycles. The summed E-state index contributed by atoms with van der Waals surface area (Å²) in [6, 6.07) is 0. The molecule has 0 radical (unpaired) electrons. The lowest BCUT2D eigenvalue weighted by molar-refractivity contribution is -0.145. The van der Waals surface area contributed by atoms with Gasteiger partial charge in [0.2, 0.25) is 0 Å². The zero-order valence-corrected chi connectivity index (χ0v) is 19.6. The molecule has 0 heterocycles. The number of hydrogen-bond donors (Lipinski definition) is 0. The van der Waals surface area contributed by atoms with E-state index in [1.807, 2.05) is 14.1 Å². The van der Waals surface area contributed by atoms with E-state index < -0.39 is 0 Å². The SMILES string of the molecule is CN(CCC(=O)OCCC(C)(C)C)CCN(C)CCC(=O)OCCC(C)(C)C. The molecule has 0 N–H and O–H groups in total. The molecular weight excluding hydrogens is 356 g/mol. The summed E-state index contributed by atoms with van der Waals surface area (Å²) in [7, 11) is 3.99. The lowest BCUT2D eigenvalue weighted by atomic mass is 9.93. The van der Waals surface area contributed by atoms with E-state index in [0.717, 1.165) is 25.9 Å². The number of rotatable bonds is 13. The summed E-state index contributed by atoms with van der Waals surface area (Å²) in [5.74, 6) is -0.273. The first-order valence-corrected chi connectivity index (χ1v) is 10.5. The van der Waals surface area contributed by atoms with Crippen LogP contribution in [-0.4, -0.2) is 75.2 Å². The van der Waals surface area contributed by atoms with Crippen LogP contribution in [0.5, 0.6) is 0 Å². The maximum atomic E-state index is 11.8. The molecule has 0 saturated carbocycles. The molecule has 0 bridgehead atoms. The Morgan fingerprint density at radius 3 is 1.25 bits per heavy atom. The number of nitrogens with zero attached hydrogens (tertiary/aromatic N) is 2. The smallest absolute Gasteiger partial charge is 0.307 e. The summed E-state index contributed by atoms with van der Waals surface area (Å²) in [5, 5.41) is 0. The standard InChI is InChI=1S/C22H44N2O4/c1-21(2,3)11-17-27-19(25)9-13-23(7)15-16-24(8)14-10-20(26)28-18-12-22(4,5)6/h9-18H2,1-8H3. The Hall–Kier alpha value is -1.14. The molecule has 166 valence electrons. The maximum Gasteiger partial charge on any atom is 0.307 e. The van der Waals surface area contributed by atoms with E-state index >= 15 is 0 Å². The number of hydrogen-bond acceptors (Lipinski definition) is 6. The van der Waals surface area contributed by atoms with Crippen LogP contribution < -0.4 is 0 Å². The van der Waals surface area contributed by atoms with E-state index in [9.17, 15) is 9.59 Å². The van der Waals surface area contributed by atoms with E-state index in [2.05, 4.69) is 51.3 Å². The highest BCUT2D eigenvalue weighted by Gasteiger charge is 2.13. The molecule has 0 aliphatic rings. The van der Waals surface area contributed by atoms with Crippen molar-refractivity contribution >= 4 is 11.9 Å². The molecule has 0 fully saturated rings. The van der Waals surface area contributed by atoms with Gasteiger partial charge in [-0.25, -0.2) is 0 Å². The first kappa shape index (κ1) is 26.9. The zero-order chi connectivity index (χ0) is 21.8. The van der Waals surface area contributed by atoms with Gasteiger partial charge in [0.1, 0.15) is 0 Å². The second-order valence-electron chi connectivity index (χ2n) is 10.2. The third kappa shape index (κ3) is 18.2. The number of likely N-dealkylation sites (N-methyl/N-ethyl adjacent to an activating group) is 2. The average Bonchev–Trinajstić information content (AvgIpc) is 2.54. The molecule has 0 aromatic carbocycles. The highest BCUT2D eigenvalue weighted by molar-refractivity contribution is 5.69. The molecule has 28 heavy (non-hydrogen) atoms. The van der Waals surface area contributed by atoms with Gasteiger partial charge in [-0.15, -0.1) is 0 Å². The molecule has 0 rings (SSSR count). The molecule has 0 atom stereocenters.